The molecule has 1 unspecified atom stereocenters. The number of ether oxygens (including phenoxy) is 1. The van der Waals surface area contributed by atoms with Gasteiger partial charge in [0, 0.05) is 10.9 Å². The molecule has 0 saturated carbocycles. The fourth-order valence-corrected chi connectivity index (χ4v) is 4.70. The largest absolute Gasteiger partial charge is 0.495 e. The van der Waals surface area contributed by atoms with E-state index in [0.29, 0.717) is 28.8 Å². The van der Waals surface area contributed by atoms with E-state index in [1.165, 1.54) is 6.26 Å². The van der Waals surface area contributed by atoms with E-state index in [9.17, 15) is 8.42 Å². The number of rotatable bonds is 8. The van der Waals surface area contributed by atoms with E-state index in [0.717, 1.165) is 17.7 Å². The predicted molar refractivity (Wildman–Crippen MR) is 123 cm³/mol. The Morgan fingerprint density at radius 1 is 1.25 bits per heavy atom. The summed E-state index contributed by atoms with van der Waals surface area (Å²) < 4.78 is 41.1. The van der Waals surface area contributed by atoms with Crippen molar-refractivity contribution in [3.05, 3.63) is 71.2 Å². The Hall–Kier alpha value is -3.04. The highest BCUT2D eigenvalue weighted by Crippen LogP contribution is 2.35. The number of anilines is 1. The molecule has 0 spiro atoms. The molecule has 1 aliphatic carbocycles. The van der Waals surface area contributed by atoms with Crippen molar-refractivity contribution in [3.8, 4) is 11.6 Å². The summed E-state index contributed by atoms with van der Waals surface area (Å²) >= 11 is 5.90. The number of nitrogens with zero attached hydrogens (tertiary/aromatic N) is 3. The molecule has 0 fully saturated rings. The summed E-state index contributed by atoms with van der Waals surface area (Å²) in [5.41, 5.74) is 1.62. The van der Waals surface area contributed by atoms with Gasteiger partial charge in [0.1, 0.15) is 5.76 Å². The Bertz CT molecular complexity index is 1250. The van der Waals surface area contributed by atoms with Crippen LogP contribution in [0.4, 0.5) is 5.95 Å². The summed E-state index contributed by atoms with van der Waals surface area (Å²) in [6.45, 7) is 2.03. The maximum atomic E-state index is 12.9. The van der Waals surface area contributed by atoms with E-state index in [4.69, 9.17) is 20.8 Å². The molecule has 2 aromatic heterocycles. The average molecular weight is 475 g/mol. The molecule has 1 aliphatic rings. The van der Waals surface area contributed by atoms with Gasteiger partial charge in [-0.05, 0) is 48.7 Å². The maximum absolute atomic E-state index is 12.9. The minimum atomic E-state index is -3.72. The Morgan fingerprint density at radius 2 is 2.03 bits per heavy atom. The second kappa shape index (κ2) is 9.22. The van der Waals surface area contributed by atoms with Crippen LogP contribution < -0.4 is 4.72 Å². The van der Waals surface area contributed by atoms with Crippen molar-refractivity contribution in [1.82, 2.24) is 14.8 Å². The van der Waals surface area contributed by atoms with Gasteiger partial charge in [0.15, 0.2) is 5.76 Å². The van der Waals surface area contributed by atoms with Crippen molar-refractivity contribution in [2.24, 2.45) is 5.92 Å². The van der Waals surface area contributed by atoms with Crippen LogP contribution in [0.1, 0.15) is 18.9 Å². The molecule has 0 amide bonds. The number of aromatic nitrogens is 3. The molecular weight excluding hydrogens is 452 g/mol. The normalized spacial score (nSPS) is 16.4. The van der Waals surface area contributed by atoms with Gasteiger partial charge in [-0.1, -0.05) is 36.7 Å². The minimum Gasteiger partial charge on any atom is -0.495 e. The van der Waals surface area contributed by atoms with E-state index in [1.807, 2.05) is 19.1 Å². The van der Waals surface area contributed by atoms with Gasteiger partial charge in [-0.25, -0.2) is 8.42 Å². The average Bonchev–Trinajstić information content (AvgIpc) is 3.43. The minimum absolute atomic E-state index is 0.0389. The Kier molecular flexibility index (Phi) is 6.38. The second-order valence-electron chi connectivity index (χ2n) is 7.45. The number of sulfonamides is 1. The van der Waals surface area contributed by atoms with Gasteiger partial charge in [0.2, 0.25) is 21.8 Å². The quantitative estimate of drug-likeness (QED) is 0.512. The molecule has 1 atom stereocenters. The van der Waals surface area contributed by atoms with Crippen molar-refractivity contribution in [3.63, 3.8) is 0 Å². The van der Waals surface area contributed by atoms with E-state index < -0.39 is 10.0 Å². The lowest BCUT2D eigenvalue weighted by atomic mass is 9.97. The van der Waals surface area contributed by atoms with Gasteiger partial charge in [0.25, 0.3) is 0 Å². The van der Waals surface area contributed by atoms with Gasteiger partial charge < -0.3 is 9.15 Å². The summed E-state index contributed by atoms with van der Waals surface area (Å²) in [6.07, 6.45) is 6.50. The molecule has 168 valence electrons. The molecule has 4 rings (SSSR count). The van der Waals surface area contributed by atoms with E-state index >= 15 is 0 Å². The lowest BCUT2D eigenvalue weighted by Gasteiger charge is -2.24. The smallest absolute Gasteiger partial charge is 0.243 e. The van der Waals surface area contributed by atoms with Crippen LogP contribution in [-0.4, -0.2) is 36.0 Å². The molecule has 0 radical (unpaired) electrons. The number of benzene rings is 1. The highest BCUT2D eigenvalue weighted by Gasteiger charge is 2.28. The molecule has 0 aliphatic heterocycles. The monoisotopic (exact) mass is 474 g/mol. The molecule has 2 heterocycles. The first-order chi connectivity index (χ1) is 15.4. The summed E-state index contributed by atoms with van der Waals surface area (Å²) in [5, 5.41) is 8.95. The van der Waals surface area contributed by atoms with Gasteiger partial charge in [-0.2, -0.15) is 0 Å². The van der Waals surface area contributed by atoms with Crippen molar-refractivity contribution in [2.75, 3.05) is 17.6 Å². The van der Waals surface area contributed by atoms with Crippen molar-refractivity contribution < 1.29 is 17.6 Å². The molecule has 0 saturated heterocycles. The number of furan rings is 1. The SMILES string of the molecule is COC1=C(n2c(NS(=O)(=O)CCc3ccc(Cl)cc3)nnc2-c2ccco2)C(C)CC=C1. The summed E-state index contributed by atoms with van der Waals surface area (Å²) in [5.74, 6) is 1.46. The van der Waals surface area contributed by atoms with Crippen LogP contribution >= 0.6 is 11.6 Å². The van der Waals surface area contributed by atoms with Crippen LogP contribution in [0.5, 0.6) is 0 Å². The number of allylic oxidation sites excluding steroid dienone is 3. The van der Waals surface area contributed by atoms with Crippen molar-refractivity contribution in [1.29, 1.82) is 0 Å². The first kappa shape index (κ1) is 22.2. The van der Waals surface area contributed by atoms with E-state index in [2.05, 4.69) is 14.9 Å². The maximum Gasteiger partial charge on any atom is 0.243 e. The topological polar surface area (TPSA) is 99.2 Å². The molecule has 1 N–H and O–H groups in total. The lowest BCUT2D eigenvalue weighted by Crippen LogP contribution is -2.22. The number of hydrogen-bond donors (Lipinski definition) is 1. The van der Waals surface area contributed by atoms with Crippen LogP contribution in [0.25, 0.3) is 17.3 Å². The molecule has 3 aromatic rings. The first-order valence-corrected chi connectivity index (χ1v) is 12.1. The summed E-state index contributed by atoms with van der Waals surface area (Å²) in [6, 6.07) is 10.6. The molecule has 10 heteroatoms. The number of aryl methyl sites for hydroxylation is 1. The van der Waals surface area contributed by atoms with Crippen LogP contribution in [-0.2, 0) is 21.2 Å². The van der Waals surface area contributed by atoms with Crippen LogP contribution in [0, 0.1) is 5.92 Å². The van der Waals surface area contributed by atoms with Crippen LogP contribution in [0.2, 0.25) is 5.02 Å². The van der Waals surface area contributed by atoms with Crippen molar-refractivity contribution >= 4 is 33.3 Å². The Labute approximate surface area is 191 Å². The molecule has 0 bridgehead atoms. The molecular formula is C22H23ClN4O4S. The molecule has 8 nitrogen and oxygen atoms in total. The van der Waals surface area contributed by atoms with Gasteiger partial charge in [-0.3, -0.25) is 9.29 Å². The molecule has 32 heavy (non-hydrogen) atoms. The number of methoxy groups -OCH3 is 1. The summed E-state index contributed by atoms with van der Waals surface area (Å²) in [7, 11) is -2.15. The number of hydrogen-bond acceptors (Lipinski definition) is 6. The van der Waals surface area contributed by atoms with Gasteiger partial charge in [0.05, 0.1) is 24.8 Å². The lowest BCUT2D eigenvalue weighted by molar-refractivity contribution is 0.301. The highest BCUT2D eigenvalue weighted by molar-refractivity contribution is 7.92. The van der Waals surface area contributed by atoms with E-state index in [-0.39, 0.29) is 17.6 Å². The van der Waals surface area contributed by atoms with Gasteiger partial charge in [-0.15, -0.1) is 10.2 Å². The van der Waals surface area contributed by atoms with Crippen LogP contribution in [0.15, 0.2) is 65.0 Å². The van der Waals surface area contributed by atoms with Crippen molar-refractivity contribution in [2.45, 2.75) is 19.8 Å². The third-order valence-electron chi connectivity index (χ3n) is 5.16. The third-order valence-corrected chi connectivity index (χ3v) is 6.65. The number of halogens is 1. The van der Waals surface area contributed by atoms with Crippen LogP contribution in [0.3, 0.4) is 0 Å². The molecule has 1 aromatic carbocycles. The Morgan fingerprint density at radius 3 is 2.72 bits per heavy atom. The van der Waals surface area contributed by atoms with Gasteiger partial charge >= 0.3 is 0 Å². The zero-order chi connectivity index (χ0) is 22.7. The zero-order valence-corrected chi connectivity index (χ0v) is 19.2. The van der Waals surface area contributed by atoms with E-state index in [1.54, 1.807) is 48.1 Å². The Balaban J connectivity index is 1.69. The first-order valence-electron chi connectivity index (χ1n) is 10.1. The third kappa shape index (κ3) is 4.73. The predicted octanol–water partition coefficient (Wildman–Crippen LogP) is 4.59. The highest BCUT2D eigenvalue weighted by atomic mass is 35.5. The second-order valence-corrected chi connectivity index (χ2v) is 9.73. The summed E-state index contributed by atoms with van der Waals surface area (Å²) in [4.78, 5) is 0. The fourth-order valence-electron chi connectivity index (χ4n) is 3.56. The number of nitrogens with one attached hydrogen (secondary N) is 1. The zero-order valence-electron chi connectivity index (χ0n) is 17.7. The fraction of sp³-hybridized carbons (Fsp3) is 0.273. The standard InChI is InChI=1S/C22H23ClN4O4S/c1-15-5-3-6-18(30-2)20(15)27-21(19-7-4-13-31-19)24-25-22(27)26-32(28,29)14-12-16-8-10-17(23)11-9-16/h3-4,6-11,13,15H,5,12,14H2,1-2H3,(H,25,26).